The Morgan fingerprint density at radius 1 is 1.40 bits per heavy atom. The van der Waals surface area contributed by atoms with E-state index in [0.29, 0.717) is 11.8 Å². The van der Waals surface area contributed by atoms with Gasteiger partial charge in [0, 0.05) is 12.8 Å². The highest BCUT2D eigenvalue weighted by atomic mass is 35.5. The smallest absolute Gasteiger partial charge is 0.367 e. The maximum absolute atomic E-state index is 12.5. The SMILES string of the molecule is CN1[C@H](CSCC(F)(F)F)Nc2cc(Cl)c(S(N)(=O)=O)cc2S1(=O)=O. The molecular weight excluding hydrogens is 427 g/mol. The minimum atomic E-state index is -4.37. The molecule has 7 nitrogen and oxygen atoms in total. The van der Waals surface area contributed by atoms with Gasteiger partial charge in [-0.15, -0.1) is 11.8 Å². The molecule has 1 aromatic carbocycles. The number of nitrogens with two attached hydrogens (primary N) is 1. The van der Waals surface area contributed by atoms with Gasteiger partial charge in [-0.3, -0.25) is 0 Å². The summed E-state index contributed by atoms with van der Waals surface area (Å²) in [5, 5.41) is 7.45. The van der Waals surface area contributed by atoms with Crippen molar-refractivity contribution in [1.29, 1.82) is 0 Å². The zero-order valence-electron chi connectivity index (χ0n) is 12.5. The van der Waals surface area contributed by atoms with Crippen LogP contribution in [0.1, 0.15) is 0 Å². The quantitative estimate of drug-likeness (QED) is 0.738. The van der Waals surface area contributed by atoms with Crippen LogP contribution < -0.4 is 10.5 Å². The van der Waals surface area contributed by atoms with Gasteiger partial charge in [-0.1, -0.05) is 11.6 Å². The van der Waals surface area contributed by atoms with Crippen LogP contribution in [0.5, 0.6) is 0 Å². The summed E-state index contributed by atoms with van der Waals surface area (Å²) in [7, 11) is -7.21. The molecule has 3 N–H and O–H groups in total. The summed E-state index contributed by atoms with van der Waals surface area (Å²) in [5.41, 5.74) is -0.00638. The van der Waals surface area contributed by atoms with Gasteiger partial charge in [-0.05, 0) is 12.1 Å². The first-order valence-electron chi connectivity index (χ1n) is 6.49. The molecule has 142 valence electrons. The Labute approximate surface area is 151 Å². The van der Waals surface area contributed by atoms with Crippen LogP contribution in [0, 0.1) is 0 Å². The molecule has 1 aliphatic heterocycles. The molecular formula is C11H13ClF3N3O4S3. The predicted molar refractivity (Wildman–Crippen MR) is 88.6 cm³/mol. The molecule has 0 saturated carbocycles. The fourth-order valence-corrected chi connectivity index (χ4v) is 5.69. The molecule has 2 rings (SSSR count). The summed E-state index contributed by atoms with van der Waals surface area (Å²) >= 11 is 6.34. The average molecular weight is 440 g/mol. The maximum atomic E-state index is 12.5. The van der Waals surface area contributed by atoms with Crippen LogP contribution >= 0.6 is 23.4 Å². The summed E-state index contributed by atoms with van der Waals surface area (Å²) < 4.78 is 85.6. The lowest BCUT2D eigenvalue weighted by atomic mass is 10.3. The summed E-state index contributed by atoms with van der Waals surface area (Å²) in [5.74, 6) is -1.31. The van der Waals surface area contributed by atoms with Gasteiger partial charge in [0.25, 0.3) is 0 Å². The first-order valence-corrected chi connectivity index (χ1v) is 11.0. The number of rotatable bonds is 4. The monoisotopic (exact) mass is 439 g/mol. The van der Waals surface area contributed by atoms with Gasteiger partial charge in [0.05, 0.1) is 16.5 Å². The van der Waals surface area contributed by atoms with Crippen LogP contribution in [0.15, 0.2) is 21.9 Å². The topological polar surface area (TPSA) is 110 Å². The van der Waals surface area contributed by atoms with Crippen molar-refractivity contribution in [2.24, 2.45) is 5.14 Å². The Balaban J connectivity index is 2.39. The Hall–Kier alpha value is -0.730. The minimum Gasteiger partial charge on any atom is -0.367 e. The lowest BCUT2D eigenvalue weighted by molar-refractivity contribution is -0.105. The third kappa shape index (κ3) is 4.52. The van der Waals surface area contributed by atoms with E-state index in [0.717, 1.165) is 16.4 Å². The van der Waals surface area contributed by atoms with E-state index in [1.165, 1.54) is 7.05 Å². The number of halogens is 4. The molecule has 0 saturated heterocycles. The summed E-state index contributed by atoms with van der Waals surface area (Å²) in [6.07, 6.45) is -5.33. The molecule has 0 fully saturated rings. The van der Waals surface area contributed by atoms with Gasteiger partial charge in [0.1, 0.15) is 16.0 Å². The lowest BCUT2D eigenvalue weighted by Crippen LogP contribution is -2.47. The van der Waals surface area contributed by atoms with E-state index in [1.54, 1.807) is 0 Å². The second kappa shape index (κ2) is 6.78. The van der Waals surface area contributed by atoms with Crippen LogP contribution in [0.4, 0.5) is 18.9 Å². The number of nitrogens with zero attached hydrogens (tertiary/aromatic N) is 1. The second-order valence-corrected chi connectivity index (χ2v) is 10.1. The van der Waals surface area contributed by atoms with E-state index in [4.69, 9.17) is 16.7 Å². The first-order chi connectivity index (χ1) is 11.2. The van der Waals surface area contributed by atoms with Crippen LogP contribution in [-0.4, -0.2) is 52.0 Å². The molecule has 0 aromatic heterocycles. The van der Waals surface area contributed by atoms with Gasteiger partial charge in [-0.2, -0.15) is 17.5 Å². The molecule has 0 amide bonds. The molecule has 0 bridgehead atoms. The number of sulfonamides is 2. The number of fused-ring (bicyclic) bond motifs is 1. The third-order valence-corrected chi connectivity index (χ3v) is 7.66. The number of primary sulfonamides is 1. The number of benzene rings is 1. The minimum absolute atomic E-state index is 0.00638. The number of alkyl halides is 3. The van der Waals surface area contributed by atoms with Crippen LogP contribution in [0.25, 0.3) is 0 Å². The van der Waals surface area contributed by atoms with Crippen molar-refractivity contribution in [3.8, 4) is 0 Å². The van der Waals surface area contributed by atoms with Crippen molar-refractivity contribution in [3.05, 3.63) is 17.2 Å². The Kier molecular flexibility index (Phi) is 5.58. The summed E-state index contributed by atoms with van der Waals surface area (Å²) in [6, 6.07) is 1.90. The number of nitrogens with one attached hydrogen (secondary N) is 1. The lowest BCUT2D eigenvalue weighted by Gasteiger charge is -2.35. The zero-order chi connectivity index (χ0) is 19.2. The van der Waals surface area contributed by atoms with E-state index >= 15 is 0 Å². The fraction of sp³-hybridized carbons (Fsp3) is 0.455. The van der Waals surface area contributed by atoms with Crippen molar-refractivity contribution in [1.82, 2.24) is 4.31 Å². The average Bonchev–Trinajstić information content (AvgIpc) is 2.41. The third-order valence-electron chi connectivity index (χ3n) is 3.30. The van der Waals surface area contributed by atoms with Gasteiger partial charge >= 0.3 is 6.18 Å². The zero-order valence-corrected chi connectivity index (χ0v) is 15.7. The molecule has 0 radical (unpaired) electrons. The predicted octanol–water partition coefficient (Wildman–Crippen LogP) is 1.66. The van der Waals surface area contributed by atoms with Crippen LogP contribution in [0.2, 0.25) is 5.02 Å². The maximum Gasteiger partial charge on any atom is 0.397 e. The van der Waals surface area contributed by atoms with Crippen molar-refractivity contribution < 1.29 is 30.0 Å². The van der Waals surface area contributed by atoms with Crippen molar-refractivity contribution >= 4 is 49.1 Å². The Morgan fingerprint density at radius 3 is 2.52 bits per heavy atom. The highest BCUT2D eigenvalue weighted by Gasteiger charge is 2.37. The van der Waals surface area contributed by atoms with Gasteiger partial charge in [0.2, 0.25) is 20.0 Å². The van der Waals surface area contributed by atoms with E-state index in [2.05, 4.69) is 5.32 Å². The number of thioether (sulfide) groups is 1. The largest absolute Gasteiger partial charge is 0.397 e. The molecule has 1 atom stereocenters. The number of anilines is 1. The normalized spacial score (nSPS) is 20.8. The number of hydrogen-bond acceptors (Lipinski definition) is 6. The highest BCUT2D eigenvalue weighted by Crippen LogP contribution is 2.37. The molecule has 25 heavy (non-hydrogen) atoms. The first kappa shape index (κ1) is 20.6. The van der Waals surface area contributed by atoms with Crippen molar-refractivity contribution in [3.63, 3.8) is 0 Å². The van der Waals surface area contributed by atoms with Gasteiger partial charge < -0.3 is 5.32 Å². The Bertz CT molecular complexity index is 890. The molecule has 0 aliphatic carbocycles. The van der Waals surface area contributed by atoms with E-state index < -0.39 is 43.0 Å². The molecule has 1 aromatic rings. The van der Waals surface area contributed by atoms with E-state index in [1.807, 2.05) is 0 Å². The Morgan fingerprint density at radius 2 is 2.00 bits per heavy atom. The van der Waals surface area contributed by atoms with Crippen LogP contribution in [-0.2, 0) is 20.0 Å². The van der Waals surface area contributed by atoms with Crippen molar-refractivity contribution in [2.75, 3.05) is 23.9 Å². The summed E-state index contributed by atoms with van der Waals surface area (Å²) in [4.78, 5) is -0.933. The van der Waals surface area contributed by atoms with Gasteiger partial charge in [0.15, 0.2) is 0 Å². The second-order valence-electron chi connectivity index (χ2n) is 5.14. The number of hydrogen-bond donors (Lipinski definition) is 2. The van der Waals surface area contributed by atoms with E-state index in [9.17, 15) is 30.0 Å². The molecule has 0 spiro atoms. The van der Waals surface area contributed by atoms with E-state index in [-0.39, 0.29) is 21.4 Å². The van der Waals surface area contributed by atoms with Crippen molar-refractivity contribution in [2.45, 2.75) is 22.1 Å². The standard InChI is InChI=1S/C11H13ClF3N3O4S3/c1-18-10(4-23-5-11(13,14)15)17-7-2-6(12)8(24(16,19)20)3-9(7)25(18,21)22/h2-3,10,17H,4-5H2,1H3,(H2,16,19,20)/t10-/m1/s1. The van der Waals surface area contributed by atoms with Gasteiger partial charge in [-0.25, -0.2) is 22.0 Å². The summed E-state index contributed by atoms with van der Waals surface area (Å²) in [6.45, 7) is 0. The molecule has 0 unspecified atom stereocenters. The highest BCUT2D eigenvalue weighted by molar-refractivity contribution is 7.99. The fourth-order valence-electron chi connectivity index (χ4n) is 2.10. The van der Waals surface area contributed by atoms with Crippen LogP contribution in [0.3, 0.4) is 0 Å². The molecule has 1 heterocycles. The molecule has 1 aliphatic rings. The molecule has 14 heteroatoms.